The molecule has 7 aromatic carbocycles. The summed E-state index contributed by atoms with van der Waals surface area (Å²) in [5.74, 6) is 0.809. The van der Waals surface area contributed by atoms with E-state index < -0.39 is 14.2 Å². The number of para-hydroxylation sites is 2. The summed E-state index contributed by atoms with van der Waals surface area (Å²) in [6.07, 6.45) is 0.501. The SMILES string of the molecule is Cn1c(-c2cccc(C(F)c3cccc(-n4c5ncccc5c5ccc6c(c54)[Si](c4ccccc4)(c4ccccc4)c4ccccc4S6)c3)c2)nc2ccccc21. The lowest BCUT2D eigenvalue weighted by Gasteiger charge is -2.40. The van der Waals surface area contributed by atoms with Crippen LogP contribution in [0.25, 0.3) is 50.0 Å². The van der Waals surface area contributed by atoms with Gasteiger partial charge in [-0.3, -0.25) is 4.57 Å². The first-order valence-electron chi connectivity index (χ1n) is 19.2. The van der Waals surface area contributed by atoms with E-state index >= 15 is 4.39 Å². The standard InChI is InChI=1S/C50H35FN4SSi/c1-54-42-25-9-8-24-41(42)53-49(54)35-17-12-15-33(31-35)46(51)34-16-13-18-36(32-34)55-47-39(40-23-14-30-52-50(40)55)28-29-44-48(47)57(37-19-4-2-5-20-37,38-21-6-3-7-22-38)45-27-11-10-26-43(45)56-44/h2-32,46H,1H3. The monoisotopic (exact) mass is 770 g/mol. The molecule has 0 bridgehead atoms. The quantitative estimate of drug-likeness (QED) is 0.158. The molecule has 0 fully saturated rings. The molecular formula is C50H35FN4SSi. The molecule has 1 aliphatic rings. The number of hydrogen-bond donors (Lipinski definition) is 0. The average Bonchev–Trinajstić information content (AvgIpc) is 3.80. The van der Waals surface area contributed by atoms with Gasteiger partial charge in [-0.15, -0.1) is 0 Å². The van der Waals surface area contributed by atoms with Crippen molar-refractivity contribution in [2.45, 2.75) is 16.0 Å². The molecule has 0 saturated carbocycles. The molecule has 272 valence electrons. The highest BCUT2D eigenvalue weighted by Crippen LogP contribution is 2.40. The van der Waals surface area contributed by atoms with Crippen LogP contribution in [0.4, 0.5) is 4.39 Å². The molecule has 0 radical (unpaired) electrons. The van der Waals surface area contributed by atoms with Gasteiger partial charge in [0, 0.05) is 45.1 Å². The first kappa shape index (κ1) is 33.8. The van der Waals surface area contributed by atoms with Gasteiger partial charge in [0.1, 0.15) is 11.5 Å². The predicted molar refractivity (Wildman–Crippen MR) is 235 cm³/mol. The van der Waals surface area contributed by atoms with Crippen molar-refractivity contribution in [3.63, 3.8) is 0 Å². The third kappa shape index (κ3) is 5.12. The lowest BCUT2D eigenvalue weighted by molar-refractivity contribution is 0.402. The van der Waals surface area contributed by atoms with Gasteiger partial charge in [0.15, 0.2) is 14.2 Å². The van der Waals surface area contributed by atoms with Crippen LogP contribution in [0.5, 0.6) is 0 Å². The van der Waals surface area contributed by atoms with E-state index in [0.717, 1.165) is 50.0 Å². The van der Waals surface area contributed by atoms with E-state index in [2.05, 4.69) is 124 Å². The van der Waals surface area contributed by atoms with Gasteiger partial charge in [-0.25, -0.2) is 14.4 Å². The van der Waals surface area contributed by atoms with Crippen molar-refractivity contribution < 1.29 is 4.39 Å². The van der Waals surface area contributed by atoms with Gasteiger partial charge < -0.3 is 4.57 Å². The molecule has 11 rings (SSSR count). The number of alkyl halides is 1. The molecular weight excluding hydrogens is 736 g/mol. The average molecular weight is 771 g/mol. The molecule has 4 nitrogen and oxygen atoms in total. The van der Waals surface area contributed by atoms with Gasteiger partial charge in [0.25, 0.3) is 0 Å². The maximum atomic E-state index is 17.1. The van der Waals surface area contributed by atoms with Gasteiger partial charge in [0.2, 0.25) is 0 Å². The highest BCUT2D eigenvalue weighted by atomic mass is 32.2. The largest absolute Gasteiger partial charge is 0.327 e. The highest BCUT2D eigenvalue weighted by molar-refractivity contribution is 8.00. The third-order valence-electron chi connectivity index (χ3n) is 11.6. The summed E-state index contributed by atoms with van der Waals surface area (Å²) in [6, 6.07) is 63.7. The lowest BCUT2D eigenvalue weighted by atomic mass is 10.00. The van der Waals surface area contributed by atoms with Crippen molar-refractivity contribution in [2.24, 2.45) is 7.05 Å². The third-order valence-corrected chi connectivity index (χ3v) is 18.0. The van der Waals surface area contributed by atoms with E-state index in [9.17, 15) is 0 Å². The number of imidazole rings is 1. The lowest BCUT2D eigenvalue weighted by Crippen LogP contribution is -2.76. The number of hydrogen-bond acceptors (Lipinski definition) is 3. The van der Waals surface area contributed by atoms with Crippen LogP contribution in [0, 0.1) is 0 Å². The van der Waals surface area contributed by atoms with Crippen LogP contribution < -0.4 is 20.7 Å². The number of rotatable bonds is 6. The highest BCUT2D eigenvalue weighted by Gasteiger charge is 2.48. The number of aryl methyl sites for hydroxylation is 1. The van der Waals surface area contributed by atoms with E-state index in [1.54, 1.807) is 0 Å². The van der Waals surface area contributed by atoms with Crippen LogP contribution in [-0.2, 0) is 7.05 Å². The van der Waals surface area contributed by atoms with Gasteiger partial charge in [-0.2, -0.15) is 0 Å². The molecule has 0 spiro atoms. The molecule has 3 aromatic heterocycles. The van der Waals surface area contributed by atoms with Crippen molar-refractivity contribution in [1.29, 1.82) is 0 Å². The second-order valence-electron chi connectivity index (χ2n) is 14.7. The molecule has 1 unspecified atom stereocenters. The Morgan fingerprint density at radius 2 is 1.32 bits per heavy atom. The Morgan fingerprint density at radius 3 is 2.11 bits per heavy atom. The van der Waals surface area contributed by atoms with E-state index in [4.69, 9.17) is 9.97 Å². The molecule has 10 aromatic rings. The maximum absolute atomic E-state index is 17.1. The van der Waals surface area contributed by atoms with Gasteiger partial charge in [0.05, 0.1) is 16.6 Å². The summed E-state index contributed by atoms with van der Waals surface area (Å²) in [4.78, 5) is 12.5. The number of aromatic nitrogens is 4. The Bertz CT molecular complexity index is 3120. The van der Waals surface area contributed by atoms with Crippen molar-refractivity contribution in [2.75, 3.05) is 0 Å². The summed E-state index contributed by atoms with van der Waals surface area (Å²) in [6.45, 7) is 0. The zero-order valence-electron chi connectivity index (χ0n) is 31.1. The molecule has 1 atom stereocenters. The number of pyridine rings is 1. The second kappa shape index (κ2) is 13.3. The van der Waals surface area contributed by atoms with Crippen LogP contribution in [0.1, 0.15) is 17.3 Å². The van der Waals surface area contributed by atoms with E-state index in [1.807, 2.05) is 91.7 Å². The zero-order chi connectivity index (χ0) is 38.1. The first-order valence-corrected chi connectivity index (χ1v) is 22.0. The number of benzene rings is 7. The molecule has 57 heavy (non-hydrogen) atoms. The topological polar surface area (TPSA) is 35.6 Å². The van der Waals surface area contributed by atoms with Crippen molar-refractivity contribution in [1.82, 2.24) is 19.1 Å². The van der Waals surface area contributed by atoms with E-state index in [-0.39, 0.29) is 0 Å². The van der Waals surface area contributed by atoms with Gasteiger partial charge in [-0.05, 0) is 86.5 Å². The predicted octanol–water partition coefficient (Wildman–Crippen LogP) is 9.63. The molecule has 4 heterocycles. The zero-order valence-corrected chi connectivity index (χ0v) is 32.9. The van der Waals surface area contributed by atoms with Crippen molar-refractivity contribution >= 4 is 73.6 Å². The Morgan fingerprint density at radius 1 is 0.614 bits per heavy atom. The first-order chi connectivity index (χ1) is 28.1. The van der Waals surface area contributed by atoms with Gasteiger partial charge >= 0.3 is 0 Å². The fraction of sp³-hybridized carbons (Fsp3) is 0.0400. The molecule has 1 aliphatic heterocycles. The Balaban J connectivity index is 1.15. The molecule has 7 heteroatoms. The number of fused-ring (bicyclic) bond motifs is 7. The maximum Gasteiger partial charge on any atom is 0.184 e. The second-order valence-corrected chi connectivity index (χ2v) is 19.5. The van der Waals surface area contributed by atoms with E-state index in [1.165, 1.54) is 30.5 Å². The normalized spacial score (nSPS) is 13.8. The van der Waals surface area contributed by atoms with Gasteiger partial charge in [-0.1, -0.05) is 139 Å². The molecule has 0 aliphatic carbocycles. The summed E-state index contributed by atoms with van der Waals surface area (Å²) in [5, 5.41) is 7.55. The minimum Gasteiger partial charge on any atom is -0.327 e. The molecule has 0 N–H and O–H groups in total. The van der Waals surface area contributed by atoms with Crippen molar-refractivity contribution in [3.05, 3.63) is 199 Å². The Kier molecular flexibility index (Phi) is 7.88. The minimum atomic E-state index is -2.96. The fourth-order valence-corrected chi connectivity index (χ4v) is 16.3. The fourth-order valence-electron chi connectivity index (χ4n) is 9.13. The number of nitrogens with zero attached hydrogens (tertiary/aromatic N) is 4. The smallest absolute Gasteiger partial charge is 0.184 e. The summed E-state index contributed by atoms with van der Waals surface area (Å²) < 4.78 is 21.4. The Labute approximate surface area is 334 Å². The van der Waals surface area contributed by atoms with E-state index in [0.29, 0.717) is 11.1 Å². The summed E-state index contributed by atoms with van der Waals surface area (Å²) in [7, 11) is -0.953. The minimum absolute atomic E-state index is 0.583. The summed E-state index contributed by atoms with van der Waals surface area (Å²) in [5.41, 5.74) is 6.86. The van der Waals surface area contributed by atoms with Crippen LogP contribution in [-0.4, -0.2) is 27.2 Å². The Hall–Kier alpha value is -6.54. The van der Waals surface area contributed by atoms with Crippen LogP contribution in [0.15, 0.2) is 198 Å². The van der Waals surface area contributed by atoms with Crippen molar-refractivity contribution in [3.8, 4) is 17.1 Å². The molecule has 0 amide bonds. The molecule has 0 saturated heterocycles. The number of halogens is 1. The van der Waals surface area contributed by atoms with Crippen LogP contribution >= 0.6 is 11.8 Å². The summed E-state index contributed by atoms with van der Waals surface area (Å²) >= 11 is 1.84. The van der Waals surface area contributed by atoms with Crippen LogP contribution in [0.2, 0.25) is 0 Å². The van der Waals surface area contributed by atoms with Crippen LogP contribution in [0.3, 0.4) is 0 Å².